The van der Waals surface area contributed by atoms with Crippen molar-refractivity contribution in [2.24, 2.45) is 0 Å². The fraction of sp³-hybridized carbons (Fsp3) is 0.108. The molecule has 198 valence electrons. The van der Waals surface area contributed by atoms with Gasteiger partial charge in [0.1, 0.15) is 11.5 Å². The van der Waals surface area contributed by atoms with Gasteiger partial charge < -0.3 is 14.1 Å². The molecule has 0 amide bonds. The summed E-state index contributed by atoms with van der Waals surface area (Å²) < 4.78 is 11.8. The molecule has 2 aliphatic rings. The van der Waals surface area contributed by atoms with Crippen molar-refractivity contribution in [2.45, 2.75) is 26.2 Å². The van der Waals surface area contributed by atoms with E-state index in [9.17, 15) is 4.79 Å². The minimum Gasteiger partial charge on any atom is -0.457 e. The molecule has 0 saturated heterocycles. The van der Waals surface area contributed by atoms with Gasteiger partial charge in [0.05, 0.1) is 28.4 Å². The summed E-state index contributed by atoms with van der Waals surface area (Å²) in [6, 6.07) is 36.3. The minimum atomic E-state index is -0.585. The predicted molar refractivity (Wildman–Crippen MR) is 163 cm³/mol. The molecule has 0 unspecified atom stereocenters. The Morgan fingerprint density at radius 1 is 0.610 bits per heavy atom. The zero-order valence-electron chi connectivity index (χ0n) is 23.1. The van der Waals surface area contributed by atoms with E-state index < -0.39 is 5.41 Å². The van der Waals surface area contributed by atoms with Crippen molar-refractivity contribution >= 4 is 27.8 Å². The number of hydrogen-bond donors (Lipinski definition) is 0. The molecule has 0 aliphatic carbocycles. The largest absolute Gasteiger partial charge is 0.457 e. The van der Waals surface area contributed by atoms with Crippen molar-refractivity contribution < 1.29 is 9.15 Å². The Hall–Kier alpha value is -5.09. The molecule has 0 N–H and O–H groups in total. The van der Waals surface area contributed by atoms with Crippen LogP contribution in [-0.2, 0) is 5.41 Å². The number of ether oxygens (including phenoxy) is 1. The van der Waals surface area contributed by atoms with Crippen LogP contribution in [0, 0.1) is 20.8 Å². The topological polar surface area (TPSA) is 42.7 Å². The van der Waals surface area contributed by atoms with Gasteiger partial charge in [0.25, 0.3) is 0 Å². The second-order valence-electron chi connectivity index (χ2n) is 11.2. The van der Waals surface area contributed by atoms with E-state index in [1.54, 1.807) is 6.26 Å². The van der Waals surface area contributed by atoms with E-state index in [1.165, 1.54) is 22.3 Å². The summed E-state index contributed by atoms with van der Waals surface area (Å²) >= 11 is 0. The van der Waals surface area contributed by atoms with Gasteiger partial charge in [-0.25, -0.2) is 4.79 Å². The molecular formula is C37H27NO3. The van der Waals surface area contributed by atoms with Crippen molar-refractivity contribution in [3.05, 3.63) is 159 Å². The number of benzene rings is 5. The first kappa shape index (κ1) is 23.8. The number of hydrogen-bond acceptors (Lipinski definition) is 4. The summed E-state index contributed by atoms with van der Waals surface area (Å²) in [6.07, 6.45) is 1.55. The Kier molecular flexibility index (Phi) is 4.90. The first-order valence-electron chi connectivity index (χ1n) is 13.9. The molecule has 0 radical (unpaired) electrons. The van der Waals surface area contributed by atoms with Crippen molar-refractivity contribution in [1.82, 2.24) is 0 Å². The van der Waals surface area contributed by atoms with Gasteiger partial charge in [-0.05, 0) is 85.3 Å². The SMILES string of the molecule is Cc1ccc2c(c1)C1(c3ccccc3Oc3ccccc31)c1cc(C)ccc1N2c1ccc2c(=O)occ(C)c2c1. The average Bonchev–Trinajstić information content (AvgIpc) is 2.99. The number of anilines is 3. The number of rotatable bonds is 1. The van der Waals surface area contributed by atoms with Gasteiger partial charge >= 0.3 is 5.63 Å². The smallest absolute Gasteiger partial charge is 0.343 e. The highest BCUT2D eigenvalue weighted by atomic mass is 16.5. The Morgan fingerprint density at radius 3 is 1.80 bits per heavy atom. The molecule has 0 atom stereocenters. The van der Waals surface area contributed by atoms with Gasteiger partial charge in [-0.15, -0.1) is 0 Å². The van der Waals surface area contributed by atoms with Crippen LogP contribution in [0.3, 0.4) is 0 Å². The molecule has 5 aromatic carbocycles. The van der Waals surface area contributed by atoms with E-state index in [0.717, 1.165) is 50.6 Å². The Bertz CT molecular complexity index is 2000. The van der Waals surface area contributed by atoms with Gasteiger partial charge in [0, 0.05) is 16.8 Å². The first-order chi connectivity index (χ1) is 20.0. The standard InChI is InChI=1S/C37H27NO3/c1-22-12-16-32-30(18-22)37(28-8-4-6-10-34(28)41-35-11-7-5-9-29(35)37)31-19-23(2)13-17-33(31)38(32)25-14-15-26-27(20-25)24(3)21-40-36(26)39/h4-21H,1-3H3. The third kappa shape index (κ3) is 3.19. The molecule has 3 heterocycles. The van der Waals surface area contributed by atoms with E-state index in [4.69, 9.17) is 9.15 Å². The summed E-state index contributed by atoms with van der Waals surface area (Å²) in [5.41, 5.74) is 10.2. The van der Waals surface area contributed by atoms with Crippen LogP contribution in [0.2, 0.25) is 0 Å². The van der Waals surface area contributed by atoms with Crippen molar-refractivity contribution in [3.63, 3.8) is 0 Å². The second-order valence-corrected chi connectivity index (χ2v) is 11.2. The molecule has 0 bridgehead atoms. The molecule has 1 aromatic heterocycles. The first-order valence-corrected chi connectivity index (χ1v) is 13.9. The Morgan fingerprint density at radius 2 is 1.20 bits per heavy atom. The molecule has 2 aliphatic heterocycles. The van der Waals surface area contributed by atoms with Crippen LogP contribution in [0.25, 0.3) is 10.8 Å². The quantitative estimate of drug-likeness (QED) is 0.211. The Balaban J connectivity index is 1.53. The molecule has 4 heteroatoms. The van der Waals surface area contributed by atoms with Gasteiger partial charge in [-0.1, -0.05) is 71.8 Å². The van der Waals surface area contributed by atoms with Crippen molar-refractivity contribution in [1.29, 1.82) is 0 Å². The van der Waals surface area contributed by atoms with Crippen LogP contribution < -0.4 is 15.3 Å². The number of fused-ring (bicyclic) bond motifs is 9. The van der Waals surface area contributed by atoms with Gasteiger partial charge in [-0.2, -0.15) is 0 Å². The lowest BCUT2D eigenvalue weighted by atomic mass is 9.61. The molecule has 0 fully saturated rings. The van der Waals surface area contributed by atoms with Crippen LogP contribution in [0.5, 0.6) is 11.5 Å². The summed E-state index contributed by atoms with van der Waals surface area (Å²) in [4.78, 5) is 14.9. The molecule has 41 heavy (non-hydrogen) atoms. The summed E-state index contributed by atoms with van der Waals surface area (Å²) in [6.45, 7) is 6.28. The number of nitrogens with zero attached hydrogens (tertiary/aromatic N) is 1. The fourth-order valence-corrected chi connectivity index (χ4v) is 6.86. The number of para-hydroxylation sites is 2. The molecule has 1 spiro atoms. The molecule has 0 saturated carbocycles. The van der Waals surface area contributed by atoms with E-state index in [0.29, 0.717) is 5.39 Å². The monoisotopic (exact) mass is 533 g/mol. The second kappa shape index (κ2) is 8.45. The minimum absolute atomic E-state index is 0.322. The molecular weight excluding hydrogens is 506 g/mol. The maximum Gasteiger partial charge on any atom is 0.343 e. The normalized spacial score (nSPS) is 14.2. The summed E-state index contributed by atoms with van der Waals surface area (Å²) in [7, 11) is 0. The lowest BCUT2D eigenvalue weighted by Gasteiger charge is -2.48. The third-order valence-electron chi connectivity index (χ3n) is 8.64. The van der Waals surface area contributed by atoms with E-state index in [-0.39, 0.29) is 5.63 Å². The van der Waals surface area contributed by atoms with Gasteiger partial charge in [0.2, 0.25) is 0 Å². The van der Waals surface area contributed by atoms with E-state index in [2.05, 4.69) is 97.6 Å². The average molecular weight is 534 g/mol. The lowest BCUT2D eigenvalue weighted by Crippen LogP contribution is -2.39. The summed E-state index contributed by atoms with van der Waals surface area (Å²) in [5, 5.41) is 1.48. The molecule has 8 rings (SSSR count). The zero-order chi connectivity index (χ0) is 27.9. The third-order valence-corrected chi connectivity index (χ3v) is 8.64. The zero-order valence-corrected chi connectivity index (χ0v) is 23.1. The molecule has 6 aromatic rings. The van der Waals surface area contributed by atoms with Gasteiger partial charge in [0.15, 0.2) is 0 Å². The van der Waals surface area contributed by atoms with Crippen LogP contribution in [0.4, 0.5) is 17.1 Å². The maximum absolute atomic E-state index is 12.5. The lowest BCUT2D eigenvalue weighted by molar-refractivity contribution is 0.434. The van der Waals surface area contributed by atoms with Crippen LogP contribution in [0.15, 0.2) is 119 Å². The van der Waals surface area contributed by atoms with E-state index >= 15 is 0 Å². The van der Waals surface area contributed by atoms with Crippen LogP contribution in [-0.4, -0.2) is 0 Å². The highest BCUT2D eigenvalue weighted by molar-refractivity contribution is 5.95. The fourth-order valence-electron chi connectivity index (χ4n) is 6.86. The maximum atomic E-state index is 12.5. The highest BCUT2D eigenvalue weighted by Crippen LogP contribution is 2.62. The predicted octanol–water partition coefficient (Wildman–Crippen LogP) is 8.99. The molecule has 4 nitrogen and oxygen atoms in total. The van der Waals surface area contributed by atoms with Crippen LogP contribution >= 0.6 is 0 Å². The Labute approximate surface area is 238 Å². The number of aryl methyl sites for hydroxylation is 3. The van der Waals surface area contributed by atoms with Crippen molar-refractivity contribution in [2.75, 3.05) is 4.90 Å². The van der Waals surface area contributed by atoms with Crippen molar-refractivity contribution in [3.8, 4) is 11.5 Å². The highest BCUT2D eigenvalue weighted by Gasteiger charge is 2.51. The van der Waals surface area contributed by atoms with E-state index in [1.807, 2.05) is 31.2 Å². The van der Waals surface area contributed by atoms with Gasteiger partial charge in [-0.3, -0.25) is 0 Å². The van der Waals surface area contributed by atoms with Crippen LogP contribution in [0.1, 0.15) is 38.9 Å². The summed E-state index contributed by atoms with van der Waals surface area (Å²) in [5.74, 6) is 1.74.